The number of carbonyl (C=O) groups excluding carboxylic acids is 2. The number of benzene rings is 1. The van der Waals surface area contributed by atoms with E-state index in [1.54, 1.807) is 13.8 Å². The van der Waals surface area contributed by atoms with Crippen molar-refractivity contribution >= 4 is 33.6 Å². The molecule has 1 aromatic rings. The number of ether oxygens (including phenoxy) is 3. The number of esters is 2. The van der Waals surface area contributed by atoms with Crippen LogP contribution in [0.4, 0.5) is 5.69 Å². The van der Waals surface area contributed by atoms with E-state index < -0.39 is 28.3 Å². The molecule has 0 aromatic heterocycles. The Hall–Kier alpha value is -2.62. The second-order valence-electron chi connectivity index (χ2n) is 7.46. The van der Waals surface area contributed by atoms with Gasteiger partial charge in [-0.1, -0.05) is 15.9 Å². The van der Waals surface area contributed by atoms with Crippen molar-refractivity contribution in [1.82, 2.24) is 5.32 Å². The van der Waals surface area contributed by atoms with Crippen molar-refractivity contribution in [1.29, 1.82) is 0 Å². The molecule has 10 heteroatoms. The third kappa shape index (κ3) is 5.55. The summed E-state index contributed by atoms with van der Waals surface area (Å²) in [4.78, 5) is 36.0. The van der Waals surface area contributed by atoms with Gasteiger partial charge >= 0.3 is 11.9 Å². The first-order chi connectivity index (χ1) is 14.7. The predicted molar refractivity (Wildman–Crippen MR) is 117 cm³/mol. The molecular weight excluding hydrogens is 472 g/mol. The first-order valence-corrected chi connectivity index (χ1v) is 10.9. The number of allylic oxidation sites excluding steroid dienone is 1. The van der Waals surface area contributed by atoms with Gasteiger partial charge in [0, 0.05) is 34.6 Å². The molecule has 170 valence electrons. The normalized spacial score (nSPS) is 20.6. The zero-order chi connectivity index (χ0) is 23.2. The molecule has 31 heavy (non-hydrogen) atoms. The molecule has 0 spiro atoms. The van der Waals surface area contributed by atoms with Crippen LogP contribution in [0, 0.1) is 10.1 Å². The summed E-state index contributed by atoms with van der Waals surface area (Å²) in [7, 11) is 2.55. The molecule has 2 rings (SSSR count). The molecule has 0 saturated heterocycles. The number of rotatable bonds is 9. The molecule has 1 aromatic carbocycles. The monoisotopic (exact) mass is 498 g/mol. The second kappa shape index (κ2) is 10.6. The number of non-ortho nitro benzene ring substituents is 1. The Morgan fingerprint density at radius 1 is 1.29 bits per heavy atom. The minimum absolute atomic E-state index is 0.125. The maximum atomic E-state index is 12.6. The Bertz CT molecular complexity index is 886. The fourth-order valence-electron chi connectivity index (χ4n) is 3.77. The van der Waals surface area contributed by atoms with Crippen LogP contribution in [0.15, 0.2) is 29.5 Å². The molecule has 0 amide bonds. The maximum absolute atomic E-state index is 12.6. The third-order valence-electron chi connectivity index (χ3n) is 5.23. The number of methoxy groups -OCH3 is 2. The quantitative estimate of drug-likeness (QED) is 0.180. The van der Waals surface area contributed by atoms with E-state index >= 15 is 0 Å². The van der Waals surface area contributed by atoms with Gasteiger partial charge in [-0.25, -0.2) is 9.59 Å². The lowest BCUT2D eigenvalue weighted by Crippen LogP contribution is -2.53. The first-order valence-electron chi connectivity index (χ1n) is 9.81. The second-order valence-corrected chi connectivity index (χ2v) is 8.25. The van der Waals surface area contributed by atoms with Crippen molar-refractivity contribution in [2.24, 2.45) is 0 Å². The van der Waals surface area contributed by atoms with Gasteiger partial charge in [-0.3, -0.25) is 10.1 Å². The maximum Gasteiger partial charge on any atom is 0.336 e. The smallest absolute Gasteiger partial charge is 0.336 e. The number of nitro benzene ring substituents is 1. The van der Waals surface area contributed by atoms with Crippen molar-refractivity contribution in [3.63, 3.8) is 0 Å². The van der Waals surface area contributed by atoms with Crippen molar-refractivity contribution in [3.8, 4) is 5.75 Å². The van der Waals surface area contributed by atoms with Gasteiger partial charge in [-0.2, -0.15) is 0 Å². The number of alkyl halides is 1. The summed E-state index contributed by atoms with van der Waals surface area (Å²) in [6, 6.07) is 4.28. The molecule has 1 aliphatic heterocycles. The fraction of sp³-hybridized carbons (Fsp3) is 0.524. The molecule has 9 nitrogen and oxygen atoms in total. The van der Waals surface area contributed by atoms with Gasteiger partial charge in [0.2, 0.25) is 0 Å². The summed E-state index contributed by atoms with van der Waals surface area (Å²) in [6.07, 6.45) is 1.81. The van der Waals surface area contributed by atoms with Gasteiger partial charge in [0.25, 0.3) is 5.69 Å². The van der Waals surface area contributed by atoms with Crippen LogP contribution in [0.3, 0.4) is 0 Å². The Kier molecular flexibility index (Phi) is 8.43. The number of nitrogens with zero attached hydrogens (tertiary/aromatic N) is 1. The summed E-state index contributed by atoms with van der Waals surface area (Å²) in [5.74, 6) is -1.35. The van der Waals surface area contributed by atoms with Crippen LogP contribution < -0.4 is 10.1 Å². The van der Waals surface area contributed by atoms with Gasteiger partial charge in [-0.15, -0.1) is 0 Å². The van der Waals surface area contributed by atoms with Gasteiger partial charge in [0.1, 0.15) is 11.3 Å². The van der Waals surface area contributed by atoms with Crippen LogP contribution in [0.5, 0.6) is 5.75 Å². The zero-order valence-corrected chi connectivity index (χ0v) is 19.6. The molecule has 0 radical (unpaired) electrons. The highest BCUT2D eigenvalue weighted by molar-refractivity contribution is 9.09. The number of carbonyl (C=O) groups is 2. The highest BCUT2D eigenvalue weighted by Crippen LogP contribution is 2.44. The lowest BCUT2D eigenvalue weighted by Gasteiger charge is -2.39. The molecule has 2 unspecified atom stereocenters. The fourth-order valence-corrected chi connectivity index (χ4v) is 4.16. The number of unbranched alkanes of at least 4 members (excludes halogenated alkanes) is 1. The average Bonchev–Trinajstić information content (AvgIpc) is 2.75. The summed E-state index contributed by atoms with van der Waals surface area (Å²) >= 11 is 3.37. The topological polar surface area (TPSA) is 117 Å². The molecule has 0 aliphatic carbocycles. The Balaban J connectivity index is 2.61. The van der Waals surface area contributed by atoms with Crippen LogP contribution >= 0.6 is 15.9 Å². The highest BCUT2D eigenvalue weighted by atomic mass is 79.9. The minimum atomic E-state index is -1.14. The SMILES string of the molecule is COC(=O)C1=C(C)NC(C)(C(=O)OC)CC1c1cc([N+](=O)[O-])ccc1OCCCCBr. The summed E-state index contributed by atoms with van der Waals surface area (Å²) in [5.41, 5.74) is -0.103. The summed E-state index contributed by atoms with van der Waals surface area (Å²) in [6.45, 7) is 3.73. The van der Waals surface area contributed by atoms with Crippen molar-refractivity contribution in [2.45, 2.75) is 44.6 Å². The van der Waals surface area contributed by atoms with E-state index in [4.69, 9.17) is 14.2 Å². The lowest BCUT2D eigenvalue weighted by molar-refractivity contribution is -0.385. The molecule has 0 fully saturated rings. The molecule has 0 saturated carbocycles. The number of hydrogen-bond donors (Lipinski definition) is 1. The van der Waals surface area contributed by atoms with E-state index in [-0.39, 0.29) is 17.7 Å². The summed E-state index contributed by atoms with van der Waals surface area (Å²) < 4.78 is 15.8. The van der Waals surface area contributed by atoms with E-state index in [9.17, 15) is 19.7 Å². The van der Waals surface area contributed by atoms with Crippen LogP contribution in [0.1, 0.15) is 44.6 Å². The molecular formula is C21H27BrN2O7. The molecule has 1 heterocycles. The van der Waals surface area contributed by atoms with Crippen molar-refractivity contribution in [2.75, 3.05) is 26.2 Å². The average molecular weight is 499 g/mol. The van der Waals surface area contributed by atoms with Crippen LogP contribution in [0.25, 0.3) is 0 Å². The van der Waals surface area contributed by atoms with E-state index in [2.05, 4.69) is 21.2 Å². The minimum Gasteiger partial charge on any atom is -0.493 e. The number of halogens is 1. The number of hydrogen-bond acceptors (Lipinski definition) is 8. The number of nitrogens with one attached hydrogen (secondary N) is 1. The highest BCUT2D eigenvalue weighted by Gasteiger charge is 2.45. The zero-order valence-electron chi connectivity index (χ0n) is 18.0. The van der Waals surface area contributed by atoms with Crippen molar-refractivity contribution < 1.29 is 28.7 Å². The van der Waals surface area contributed by atoms with E-state index in [0.29, 0.717) is 23.6 Å². The first kappa shape index (κ1) is 24.6. The third-order valence-corrected chi connectivity index (χ3v) is 5.80. The molecule has 0 bridgehead atoms. The van der Waals surface area contributed by atoms with Crippen LogP contribution in [0.2, 0.25) is 0 Å². The lowest BCUT2D eigenvalue weighted by atomic mass is 9.76. The molecule has 1 N–H and O–H groups in total. The van der Waals surface area contributed by atoms with Gasteiger partial charge in [-0.05, 0) is 39.2 Å². The molecule has 1 aliphatic rings. The Morgan fingerprint density at radius 2 is 2.00 bits per heavy atom. The van der Waals surface area contributed by atoms with E-state index in [1.165, 1.54) is 32.4 Å². The van der Waals surface area contributed by atoms with Crippen molar-refractivity contribution in [3.05, 3.63) is 45.1 Å². The Labute approximate surface area is 189 Å². The van der Waals surface area contributed by atoms with E-state index in [0.717, 1.165) is 18.2 Å². The number of nitro groups is 1. The summed E-state index contributed by atoms with van der Waals surface area (Å²) in [5, 5.41) is 15.3. The van der Waals surface area contributed by atoms with Crippen LogP contribution in [-0.2, 0) is 19.1 Å². The predicted octanol–water partition coefficient (Wildman–Crippen LogP) is 3.60. The van der Waals surface area contributed by atoms with Gasteiger partial charge in [0.05, 0.1) is 31.3 Å². The van der Waals surface area contributed by atoms with Crippen LogP contribution in [-0.4, -0.2) is 48.6 Å². The largest absolute Gasteiger partial charge is 0.493 e. The van der Waals surface area contributed by atoms with Gasteiger partial charge in [0.15, 0.2) is 0 Å². The van der Waals surface area contributed by atoms with E-state index in [1.807, 2.05) is 0 Å². The Morgan fingerprint density at radius 3 is 2.58 bits per heavy atom. The van der Waals surface area contributed by atoms with Gasteiger partial charge < -0.3 is 19.5 Å². The standard InChI is InChI=1S/C21H27BrN2O7/c1-13-18(19(25)29-3)16(12-21(2,23-13)20(26)30-4)15-11-14(24(27)28)7-8-17(15)31-10-6-5-9-22/h7-8,11,16,23H,5-6,9-10,12H2,1-4H3. The molecule has 2 atom stereocenters.